The molecule has 222 valence electrons. The van der Waals surface area contributed by atoms with Crippen molar-refractivity contribution >= 4 is 11.0 Å². The lowest BCUT2D eigenvalue weighted by atomic mass is 9.89. The number of hydrogen-bond acceptors (Lipinski definition) is 14. The zero-order valence-electron chi connectivity index (χ0n) is 21.3. The molecule has 41 heavy (non-hydrogen) atoms. The molecule has 10 atom stereocenters. The Morgan fingerprint density at radius 3 is 1.98 bits per heavy atom. The molecular formula is C27H30O14. The molecule has 14 heteroatoms. The summed E-state index contributed by atoms with van der Waals surface area (Å²) in [5.74, 6) is -0.231. The summed E-state index contributed by atoms with van der Waals surface area (Å²) in [6, 6.07) is 8.43. The number of benzene rings is 2. The van der Waals surface area contributed by atoms with Crippen LogP contribution in [-0.2, 0) is 9.47 Å². The maximum absolute atomic E-state index is 13.4. The fourth-order valence-electron chi connectivity index (χ4n) is 5.04. The Morgan fingerprint density at radius 2 is 1.34 bits per heavy atom. The van der Waals surface area contributed by atoms with E-state index in [9.17, 15) is 50.8 Å². The number of phenolic OH excluding ortho intramolecular Hbond substituents is 1. The standard InChI is InChI=1S/C27H30O14/c28-7-15-19(32)21(34)23(36)26(40-15)17-14(30)6-5-12-18(31)13(9-38-25(12)17)10-1-3-11(4-2-10)39-27-24(37)22(35)20(33)16(8-29)41-27/h1-6,9,15-16,19-24,26-30,32-37H,7-8H2/t15-,16-,19-,20-,21+,22+,23-,24-,26-,27-/m1/s1. The third-order valence-corrected chi connectivity index (χ3v) is 7.40. The predicted molar refractivity (Wildman–Crippen MR) is 137 cm³/mol. The summed E-state index contributed by atoms with van der Waals surface area (Å²) in [4.78, 5) is 13.4. The number of aliphatic hydroxyl groups is 8. The first-order valence-electron chi connectivity index (χ1n) is 12.7. The van der Waals surface area contributed by atoms with Gasteiger partial charge >= 0.3 is 0 Å². The highest BCUT2D eigenvalue weighted by Gasteiger charge is 2.46. The molecule has 5 rings (SSSR count). The van der Waals surface area contributed by atoms with Crippen molar-refractivity contribution in [3.8, 4) is 22.6 Å². The van der Waals surface area contributed by atoms with Gasteiger partial charge in [-0.1, -0.05) is 12.1 Å². The lowest BCUT2D eigenvalue weighted by Crippen LogP contribution is -2.60. The number of fused-ring (bicyclic) bond motifs is 1. The van der Waals surface area contributed by atoms with Crippen molar-refractivity contribution < 1.29 is 64.6 Å². The highest BCUT2D eigenvalue weighted by Crippen LogP contribution is 2.40. The van der Waals surface area contributed by atoms with Crippen LogP contribution < -0.4 is 10.2 Å². The van der Waals surface area contributed by atoms with Gasteiger partial charge in [-0.05, 0) is 29.8 Å². The second-order valence-electron chi connectivity index (χ2n) is 9.94. The Morgan fingerprint density at radius 1 is 0.732 bits per heavy atom. The van der Waals surface area contributed by atoms with Crippen LogP contribution in [0.25, 0.3) is 22.1 Å². The number of hydrogen-bond donors (Lipinski definition) is 9. The molecule has 9 N–H and O–H groups in total. The third-order valence-electron chi connectivity index (χ3n) is 7.40. The molecule has 2 aliphatic rings. The van der Waals surface area contributed by atoms with E-state index in [4.69, 9.17) is 18.6 Å². The molecule has 0 bridgehead atoms. The number of aliphatic hydroxyl groups excluding tert-OH is 8. The van der Waals surface area contributed by atoms with Crippen molar-refractivity contribution in [3.05, 3.63) is 58.4 Å². The molecule has 0 aliphatic carbocycles. The fourth-order valence-corrected chi connectivity index (χ4v) is 5.04. The highest BCUT2D eigenvalue weighted by atomic mass is 16.7. The average Bonchev–Trinajstić information content (AvgIpc) is 2.97. The fraction of sp³-hybridized carbons (Fsp3) is 0.444. The normalized spacial score (nSPS) is 34.0. The van der Waals surface area contributed by atoms with Crippen LogP contribution in [-0.4, -0.2) is 114 Å². The lowest BCUT2D eigenvalue weighted by molar-refractivity contribution is -0.277. The maximum atomic E-state index is 13.4. The Bertz CT molecular complexity index is 1420. The van der Waals surface area contributed by atoms with Crippen LogP contribution in [0, 0.1) is 0 Å². The van der Waals surface area contributed by atoms with Crippen molar-refractivity contribution in [1.29, 1.82) is 0 Å². The van der Waals surface area contributed by atoms with Gasteiger partial charge in [0.2, 0.25) is 11.7 Å². The molecule has 0 radical (unpaired) electrons. The zero-order valence-corrected chi connectivity index (χ0v) is 21.3. The summed E-state index contributed by atoms with van der Waals surface area (Å²) in [6.07, 6.45) is -13.9. The topological polar surface area (TPSA) is 240 Å². The first-order chi connectivity index (χ1) is 19.6. The molecule has 0 unspecified atom stereocenters. The van der Waals surface area contributed by atoms with Crippen LogP contribution in [0.3, 0.4) is 0 Å². The number of aromatic hydroxyl groups is 1. The Balaban J connectivity index is 1.43. The van der Waals surface area contributed by atoms with E-state index in [-0.39, 0.29) is 27.8 Å². The van der Waals surface area contributed by atoms with Crippen LogP contribution in [0.15, 0.2) is 51.9 Å². The van der Waals surface area contributed by atoms with Crippen molar-refractivity contribution in [2.45, 2.75) is 61.2 Å². The molecule has 2 saturated heterocycles. The average molecular weight is 579 g/mol. The summed E-state index contributed by atoms with van der Waals surface area (Å²) in [6.45, 7) is -1.30. The molecular weight excluding hydrogens is 548 g/mol. The number of rotatable bonds is 6. The number of phenols is 1. The van der Waals surface area contributed by atoms with E-state index in [1.165, 1.54) is 36.4 Å². The summed E-state index contributed by atoms with van der Waals surface area (Å²) in [7, 11) is 0. The molecule has 14 nitrogen and oxygen atoms in total. The first kappa shape index (κ1) is 29.3. The van der Waals surface area contributed by atoms with Gasteiger partial charge in [-0.2, -0.15) is 0 Å². The minimum absolute atomic E-state index is 0.00825. The van der Waals surface area contributed by atoms with E-state index in [0.29, 0.717) is 5.56 Å². The number of ether oxygens (including phenoxy) is 3. The van der Waals surface area contributed by atoms with Crippen LogP contribution in [0.4, 0.5) is 0 Å². The highest BCUT2D eigenvalue weighted by molar-refractivity contribution is 5.86. The van der Waals surface area contributed by atoms with Crippen molar-refractivity contribution in [1.82, 2.24) is 0 Å². The summed E-state index contributed by atoms with van der Waals surface area (Å²) in [5.41, 5.74) is -0.289. The third kappa shape index (κ3) is 5.19. The predicted octanol–water partition coefficient (Wildman–Crippen LogP) is -2.14. The minimum atomic E-state index is -1.72. The SMILES string of the molecule is O=c1c(-c2ccc(O[C@@H]3O[C@H](CO)[C@@H](O)[C@H](O)[C@H]3O)cc2)coc2c([C@H]3O[C@H](CO)[C@@H](O)[C@H](O)[C@H]3O)c(O)ccc12. The maximum Gasteiger partial charge on any atom is 0.229 e. The van der Waals surface area contributed by atoms with Gasteiger partial charge in [0.15, 0.2) is 0 Å². The van der Waals surface area contributed by atoms with Gasteiger partial charge in [0.25, 0.3) is 0 Å². The molecule has 0 spiro atoms. The molecule has 1 aromatic heterocycles. The second kappa shape index (κ2) is 11.6. The molecule has 0 amide bonds. The monoisotopic (exact) mass is 578 g/mol. The second-order valence-corrected chi connectivity index (χ2v) is 9.94. The van der Waals surface area contributed by atoms with Crippen LogP contribution in [0.5, 0.6) is 11.5 Å². The van der Waals surface area contributed by atoms with Gasteiger partial charge in [0.1, 0.15) is 78.3 Å². The van der Waals surface area contributed by atoms with Crippen molar-refractivity contribution in [2.24, 2.45) is 0 Å². The summed E-state index contributed by atoms with van der Waals surface area (Å²) in [5, 5.41) is 90.3. The van der Waals surface area contributed by atoms with Gasteiger partial charge in [0, 0.05) is 0 Å². The molecule has 2 aliphatic heterocycles. The lowest BCUT2D eigenvalue weighted by Gasteiger charge is -2.40. The largest absolute Gasteiger partial charge is 0.507 e. The van der Waals surface area contributed by atoms with E-state index < -0.39 is 85.6 Å². The minimum Gasteiger partial charge on any atom is -0.507 e. The van der Waals surface area contributed by atoms with E-state index in [1.807, 2.05) is 0 Å². The molecule has 0 saturated carbocycles. The van der Waals surface area contributed by atoms with E-state index in [2.05, 4.69) is 0 Å². The van der Waals surface area contributed by atoms with Gasteiger partial charge in [-0.3, -0.25) is 4.79 Å². The van der Waals surface area contributed by atoms with Crippen LogP contribution in [0.1, 0.15) is 11.7 Å². The summed E-state index contributed by atoms with van der Waals surface area (Å²) < 4.78 is 22.2. The summed E-state index contributed by atoms with van der Waals surface area (Å²) >= 11 is 0. The molecule has 2 aromatic carbocycles. The van der Waals surface area contributed by atoms with E-state index in [0.717, 1.165) is 6.26 Å². The van der Waals surface area contributed by atoms with Gasteiger partial charge < -0.3 is 64.6 Å². The van der Waals surface area contributed by atoms with Crippen molar-refractivity contribution in [3.63, 3.8) is 0 Å². The Hall–Kier alpha value is -3.15. The quantitative estimate of drug-likeness (QED) is 0.152. The van der Waals surface area contributed by atoms with E-state index in [1.54, 1.807) is 0 Å². The Labute approximate surface area is 231 Å². The van der Waals surface area contributed by atoms with Gasteiger partial charge in [-0.25, -0.2) is 0 Å². The van der Waals surface area contributed by atoms with Gasteiger partial charge in [-0.15, -0.1) is 0 Å². The molecule has 3 heterocycles. The Kier molecular flexibility index (Phi) is 8.31. The zero-order chi connectivity index (χ0) is 29.6. The first-order valence-corrected chi connectivity index (χ1v) is 12.7. The molecule has 2 fully saturated rings. The van der Waals surface area contributed by atoms with Gasteiger partial charge in [0.05, 0.1) is 29.7 Å². The van der Waals surface area contributed by atoms with Crippen molar-refractivity contribution in [2.75, 3.05) is 13.2 Å². The smallest absolute Gasteiger partial charge is 0.229 e. The van der Waals surface area contributed by atoms with Crippen LogP contribution >= 0.6 is 0 Å². The van der Waals surface area contributed by atoms with Crippen LogP contribution in [0.2, 0.25) is 0 Å². The molecule has 3 aromatic rings. The van der Waals surface area contributed by atoms with E-state index >= 15 is 0 Å².